The van der Waals surface area contributed by atoms with Crippen molar-refractivity contribution in [3.63, 3.8) is 0 Å². The minimum absolute atomic E-state index is 0.0854. The lowest BCUT2D eigenvalue weighted by Gasteiger charge is -2.12. The van der Waals surface area contributed by atoms with E-state index < -0.39 is 0 Å². The van der Waals surface area contributed by atoms with Crippen LogP contribution in [0.25, 0.3) is 0 Å². The van der Waals surface area contributed by atoms with Crippen LogP contribution in [0, 0.1) is 0 Å². The summed E-state index contributed by atoms with van der Waals surface area (Å²) in [6, 6.07) is 9.31. The molecule has 0 aliphatic rings. The van der Waals surface area contributed by atoms with Crippen LogP contribution in [-0.2, 0) is 0 Å². The molecule has 5 heteroatoms. The maximum absolute atomic E-state index is 5.97. The predicted molar refractivity (Wildman–Crippen MR) is 72.8 cm³/mol. The summed E-state index contributed by atoms with van der Waals surface area (Å²) in [5.41, 5.74) is 5.74. The largest absolute Gasteiger partial charge is 0.468 e. The van der Waals surface area contributed by atoms with Gasteiger partial charge in [0.25, 0.3) is 0 Å². The van der Waals surface area contributed by atoms with Gasteiger partial charge in [0.15, 0.2) is 0 Å². The van der Waals surface area contributed by atoms with Gasteiger partial charge >= 0.3 is 0 Å². The summed E-state index contributed by atoms with van der Waals surface area (Å²) < 4.78 is 5.35. The van der Waals surface area contributed by atoms with E-state index in [0.29, 0.717) is 16.6 Å². The molecule has 2 nitrogen and oxygen atoms in total. The molecule has 1 atom stereocenters. The number of benzene rings is 1. The minimum atomic E-state index is 0.0854. The highest BCUT2D eigenvalue weighted by atomic mass is 35.5. The van der Waals surface area contributed by atoms with E-state index >= 15 is 0 Å². The van der Waals surface area contributed by atoms with E-state index in [0.717, 1.165) is 10.7 Å². The zero-order valence-corrected chi connectivity index (χ0v) is 11.2. The van der Waals surface area contributed by atoms with Gasteiger partial charge in [-0.05, 0) is 30.3 Å². The molecule has 0 bridgehead atoms. The molecule has 0 radical (unpaired) electrons. The van der Waals surface area contributed by atoms with Gasteiger partial charge in [-0.15, -0.1) is 11.8 Å². The summed E-state index contributed by atoms with van der Waals surface area (Å²) in [6.45, 7) is 0.498. The van der Waals surface area contributed by atoms with E-state index in [4.69, 9.17) is 33.4 Å². The molecule has 1 aromatic carbocycles. The number of thioether (sulfide) groups is 1. The Hall–Kier alpha value is -0.610. The van der Waals surface area contributed by atoms with Gasteiger partial charge in [-0.1, -0.05) is 23.2 Å². The molecule has 1 aromatic heterocycles. The summed E-state index contributed by atoms with van der Waals surface area (Å²) >= 11 is 13.4. The minimum Gasteiger partial charge on any atom is -0.468 e. The third-order valence-electron chi connectivity index (χ3n) is 2.24. The van der Waals surface area contributed by atoms with Crippen LogP contribution >= 0.6 is 35.0 Å². The van der Waals surface area contributed by atoms with Crippen molar-refractivity contribution in [1.82, 2.24) is 0 Å². The van der Waals surface area contributed by atoms with Gasteiger partial charge in [-0.3, -0.25) is 0 Å². The molecule has 90 valence electrons. The van der Waals surface area contributed by atoms with Crippen molar-refractivity contribution >= 4 is 35.0 Å². The Balaban J connectivity index is 2.16. The van der Waals surface area contributed by atoms with Gasteiger partial charge in [-0.25, -0.2) is 0 Å². The Morgan fingerprint density at radius 2 is 2.06 bits per heavy atom. The van der Waals surface area contributed by atoms with Crippen LogP contribution in [0.1, 0.15) is 11.0 Å². The first-order valence-corrected chi connectivity index (χ1v) is 6.69. The number of nitrogens with two attached hydrogens (primary N) is 1. The Morgan fingerprint density at radius 3 is 2.65 bits per heavy atom. The number of furan rings is 1. The summed E-state index contributed by atoms with van der Waals surface area (Å²) in [7, 11) is 0. The highest BCUT2D eigenvalue weighted by Gasteiger charge is 2.14. The molecule has 1 unspecified atom stereocenters. The lowest BCUT2D eigenvalue weighted by Crippen LogP contribution is -2.08. The third-order valence-corrected chi connectivity index (χ3v) is 4.22. The zero-order valence-electron chi connectivity index (χ0n) is 8.90. The van der Waals surface area contributed by atoms with Gasteiger partial charge < -0.3 is 10.2 Å². The molecule has 2 N–H and O–H groups in total. The average Bonchev–Trinajstić information content (AvgIpc) is 2.84. The number of hydrogen-bond donors (Lipinski definition) is 1. The van der Waals surface area contributed by atoms with E-state index in [2.05, 4.69) is 0 Å². The third kappa shape index (κ3) is 3.19. The first-order chi connectivity index (χ1) is 8.20. The fourth-order valence-electron chi connectivity index (χ4n) is 1.41. The van der Waals surface area contributed by atoms with E-state index in [1.165, 1.54) is 0 Å². The van der Waals surface area contributed by atoms with Crippen molar-refractivity contribution in [3.8, 4) is 0 Å². The van der Waals surface area contributed by atoms with Crippen LogP contribution in [-0.4, -0.2) is 6.54 Å². The van der Waals surface area contributed by atoms with Crippen LogP contribution < -0.4 is 5.73 Å². The summed E-state index contributed by atoms with van der Waals surface area (Å²) in [5.74, 6) is 0.864. The van der Waals surface area contributed by atoms with Gasteiger partial charge in [0.2, 0.25) is 0 Å². The van der Waals surface area contributed by atoms with Crippen LogP contribution in [0.3, 0.4) is 0 Å². The second kappa shape index (κ2) is 5.83. The van der Waals surface area contributed by atoms with Crippen LogP contribution in [0.5, 0.6) is 0 Å². The quantitative estimate of drug-likeness (QED) is 0.849. The van der Waals surface area contributed by atoms with Crippen LogP contribution in [0.2, 0.25) is 10.0 Å². The summed E-state index contributed by atoms with van der Waals surface area (Å²) in [6.07, 6.45) is 1.65. The molecular formula is C12H11Cl2NOS. The van der Waals surface area contributed by atoms with E-state index in [-0.39, 0.29) is 5.25 Å². The fourth-order valence-corrected chi connectivity index (χ4v) is 2.78. The average molecular weight is 288 g/mol. The summed E-state index contributed by atoms with van der Waals surface area (Å²) in [5, 5.41) is 1.19. The van der Waals surface area contributed by atoms with Gasteiger partial charge in [0.05, 0.1) is 21.6 Å². The monoisotopic (exact) mass is 287 g/mol. The Bertz CT molecular complexity index is 487. The first-order valence-electron chi connectivity index (χ1n) is 5.06. The second-order valence-electron chi connectivity index (χ2n) is 3.43. The number of rotatable bonds is 4. The van der Waals surface area contributed by atoms with Crippen LogP contribution in [0.4, 0.5) is 0 Å². The topological polar surface area (TPSA) is 39.2 Å². The SMILES string of the molecule is NCC(Sc1ccc(Cl)c(Cl)c1)c1ccco1. The summed E-state index contributed by atoms with van der Waals surface area (Å²) in [4.78, 5) is 1.02. The molecule has 2 aromatic rings. The Kier molecular flexibility index (Phi) is 4.40. The molecule has 0 saturated carbocycles. The molecule has 0 aliphatic heterocycles. The molecule has 1 heterocycles. The van der Waals surface area contributed by atoms with Crippen LogP contribution in [0.15, 0.2) is 45.9 Å². The molecular weight excluding hydrogens is 277 g/mol. The smallest absolute Gasteiger partial charge is 0.118 e. The maximum atomic E-state index is 5.97. The van der Waals surface area contributed by atoms with Gasteiger partial charge in [0, 0.05) is 11.4 Å². The van der Waals surface area contributed by atoms with E-state index in [1.807, 2.05) is 24.3 Å². The molecule has 0 spiro atoms. The van der Waals surface area contributed by atoms with Crippen molar-refractivity contribution in [2.75, 3.05) is 6.54 Å². The molecule has 17 heavy (non-hydrogen) atoms. The maximum Gasteiger partial charge on any atom is 0.118 e. The lowest BCUT2D eigenvalue weighted by molar-refractivity contribution is 0.507. The lowest BCUT2D eigenvalue weighted by atomic mass is 10.3. The van der Waals surface area contributed by atoms with Gasteiger partial charge in [0.1, 0.15) is 5.76 Å². The molecule has 0 aliphatic carbocycles. The molecule has 0 saturated heterocycles. The van der Waals surface area contributed by atoms with Gasteiger partial charge in [-0.2, -0.15) is 0 Å². The Labute approximate surface area is 114 Å². The first kappa shape index (κ1) is 12.8. The molecule has 2 rings (SSSR count). The van der Waals surface area contributed by atoms with Crippen molar-refractivity contribution in [3.05, 3.63) is 52.4 Å². The normalized spacial score (nSPS) is 12.6. The standard InChI is InChI=1S/C12H11Cl2NOS/c13-9-4-3-8(6-10(9)14)17-12(7-15)11-2-1-5-16-11/h1-6,12H,7,15H2. The Morgan fingerprint density at radius 1 is 1.24 bits per heavy atom. The second-order valence-corrected chi connectivity index (χ2v) is 5.52. The van der Waals surface area contributed by atoms with E-state index in [1.54, 1.807) is 24.1 Å². The highest BCUT2D eigenvalue weighted by Crippen LogP contribution is 2.37. The van der Waals surface area contributed by atoms with Crippen molar-refractivity contribution < 1.29 is 4.42 Å². The highest BCUT2D eigenvalue weighted by molar-refractivity contribution is 7.99. The molecule has 0 amide bonds. The zero-order chi connectivity index (χ0) is 12.3. The van der Waals surface area contributed by atoms with Crippen molar-refractivity contribution in [1.29, 1.82) is 0 Å². The van der Waals surface area contributed by atoms with E-state index in [9.17, 15) is 0 Å². The number of halogens is 2. The predicted octanol–water partition coefficient (Wildman–Crippen LogP) is 4.38. The van der Waals surface area contributed by atoms with Crippen molar-refractivity contribution in [2.45, 2.75) is 10.1 Å². The fraction of sp³-hybridized carbons (Fsp3) is 0.167. The number of hydrogen-bond acceptors (Lipinski definition) is 3. The molecule has 0 fully saturated rings. The van der Waals surface area contributed by atoms with Crippen molar-refractivity contribution in [2.24, 2.45) is 5.73 Å².